The summed E-state index contributed by atoms with van der Waals surface area (Å²) in [6, 6.07) is 0. The second-order valence-electron chi connectivity index (χ2n) is 6.58. The smallest absolute Gasteiger partial charge is 0.332 e. The minimum absolute atomic E-state index is 0.148. The Morgan fingerprint density at radius 3 is 1.17 bits per heavy atom. The van der Waals surface area contributed by atoms with E-state index in [-0.39, 0.29) is 52.6 Å². The van der Waals surface area contributed by atoms with E-state index in [2.05, 4.69) is 0 Å². The van der Waals surface area contributed by atoms with Gasteiger partial charge in [0.05, 0.1) is 37.6 Å². The van der Waals surface area contributed by atoms with Crippen molar-refractivity contribution < 1.29 is 48.5 Å². The number of carbonyl (C=O) groups excluding carboxylic acids is 4. The lowest BCUT2D eigenvalue weighted by atomic mass is 9.97. The molecule has 30 heavy (non-hydrogen) atoms. The lowest BCUT2D eigenvalue weighted by Gasteiger charge is -2.26. The summed E-state index contributed by atoms with van der Waals surface area (Å²) in [7, 11) is 0. The monoisotopic (exact) mass is 426 g/mol. The third-order valence-corrected chi connectivity index (χ3v) is 4.63. The summed E-state index contributed by atoms with van der Waals surface area (Å²) in [5.74, 6) is -7.70. The number of ether oxygens (including phenoxy) is 2. The normalized spacial score (nSPS) is 17.7. The molecule has 164 valence electrons. The Morgan fingerprint density at radius 2 is 0.900 bits per heavy atom. The maximum absolute atomic E-state index is 12.3. The van der Waals surface area contributed by atoms with E-state index in [1.54, 1.807) is 0 Å². The molecule has 2 amide bonds. The number of carbonyl (C=O) groups is 6. The van der Waals surface area contributed by atoms with Gasteiger partial charge < -0.3 is 29.5 Å². The zero-order valence-corrected chi connectivity index (χ0v) is 16.1. The first-order chi connectivity index (χ1) is 14.2. The number of morpholine rings is 2. The molecule has 0 spiro atoms. The van der Waals surface area contributed by atoms with Gasteiger partial charge in [0.2, 0.25) is 11.6 Å². The third kappa shape index (κ3) is 5.94. The number of nitrogens with zero attached hydrogens (tertiary/aromatic N) is 2. The third-order valence-electron chi connectivity index (χ3n) is 4.63. The molecular formula is C18H22N2O10. The fourth-order valence-electron chi connectivity index (χ4n) is 2.98. The summed E-state index contributed by atoms with van der Waals surface area (Å²) in [4.78, 5) is 74.5. The van der Waals surface area contributed by atoms with E-state index in [0.717, 1.165) is 0 Å². The molecule has 0 atom stereocenters. The zero-order chi connectivity index (χ0) is 22.3. The Labute approximate surface area is 171 Å². The van der Waals surface area contributed by atoms with E-state index in [0.29, 0.717) is 0 Å². The van der Waals surface area contributed by atoms with Gasteiger partial charge in [0, 0.05) is 39.0 Å². The first-order valence-corrected chi connectivity index (χ1v) is 9.20. The van der Waals surface area contributed by atoms with Gasteiger partial charge in [-0.2, -0.15) is 0 Å². The van der Waals surface area contributed by atoms with Crippen LogP contribution in [0.3, 0.4) is 0 Å². The van der Waals surface area contributed by atoms with Crippen molar-refractivity contribution >= 4 is 35.3 Å². The van der Waals surface area contributed by atoms with Gasteiger partial charge in [-0.05, 0) is 0 Å². The molecule has 0 aliphatic carbocycles. The highest BCUT2D eigenvalue weighted by Gasteiger charge is 2.32. The van der Waals surface area contributed by atoms with Gasteiger partial charge in [0.1, 0.15) is 0 Å². The van der Waals surface area contributed by atoms with Crippen LogP contribution >= 0.6 is 0 Å². The number of hydrogen-bond donors (Lipinski definition) is 2. The lowest BCUT2D eigenvalue weighted by Crippen LogP contribution is -2.44. The number of ketones is 2. The number of rotatable bonds is 8. The minimum atomic E-state index is -1.76. The second kappa shape index (κ2) is 10.6. The molecule has 2 N–H and O–H groups in total. The van der Waals surface area contributed by atoms with Gasteiger partial charge in [-0.25, -0.2) is 9.59 Å². The Morgan fingerprint density at radius 1 is 0.600 bits per heavy atom. The second-order valence-corrected chi connectivity index (χ2v) is 6.58. The van der Waals surface area contributed by atoms with Crippen molar-refractivity contribution in [2.45, 2.75) is 12.8 Å². The summed E-state index contributed by atoms with van der Waals surface area (Å²) in [6.07, 6.45) is -2.02. The molecule has 0 saturated carbocycles. The summed E-state index contributed by atoms with van der Waals surface area (Å²) < 4.78 is 10.1. The summed E-state index contributed by atoms with van der Waals surface area (Å²) in [5.41, 5.74) is -1.81. The maximum atomic E-state index is 12.3. The van der Waals surface area contributed by atoms with E-state index < -0.39 is 59.3 Å². The fraction of sp³-hybridized carbons (Fsp3) is 0.556. The Hall–Kier alpha value is -3.12. The van der Waals surface area contributed by atoms with Crippen LogP contribution in [0, 0.1) is 0 Å². The molecule has 0 unspecified atom stereocenters. The molecule has 0 aromatic heterocycles. The fourth-order valence-corrected chi connectivity index (χ4v) is 2.98. The summed E-state index contributed by atoms with van der Waals surface area (Å²) >= 11 is 0. The molecule has 0 radical (unpaired) electrons. The van der Waals surface area contributed by atoms with Crippen LogP contribution in [0.2, 0.25) is 0 Å². The lowest BCUT2D eigenvalue weighted by molar-refractivity contribution is -0.148. The number of Topliss-reactive ketones (excluding diaryl/α,β-unsaturated/α-hetero) is 2. The number of carboxylic acids is 2. The van der Waals surface area contributed by atoms with Crippen LogP contribution in [-0.2, 0) is 38.2 Å². The SMILES string of the molecule is O=C(O)C(CC(=O)C(=O)N1CCOCC1)=C(CC(=O)C(=O)N1CCOCC1)C(=O)O. The number of aliphatic carboxylic acids is 2. The van der Waals surface area contributed by atoms with Gasteiger partial charge >= 0.3 is 11.9 Å². The molecule has 0 bridgehead atoms. The average molecular weight is 426 g/mol. The Bertz CT molecular complexity index is 712. The molecular weight excluding hydrogens is 404 g/mol. The zero-order valence-electron chi connectivity index (χ0n) is 16.1. The molecule has 0 aromatic carbocycles. The van der Waals surface area contributed by atoms with Crippen LogP contribution in [0.4, 0.5) is 0 Å². The predicted octanol–water partition coefficient (Wildman–Crippen LogP) is -1.91. The Balaban J connectivity index is 2.18. The molecule has 2 saturated heterocycles. The van der Waals surface area contributed by atoms with E-state index in [1.165, 1.54) is 9.80 Å². The van der Waals surface area contributed by atoms with Crippen LogP contribution in [-0.4, -0.2) is 108 Å². The highest BCUT2D eigenvalue weighted by molar-refractivity contribution is 6.38. The molecule has 2 aliphatic rings. The van der Waals surface area contributed by atoms with Gasteiger partial charge in [-0.1, -0.05) is 0 Å². The summed E-state index contributed by atoms with van der Waals surface area (Å²) in [6.45, 7) is 1.48. The number of carboxylic acid groups (broad SMARTS) is 2. The van der Waals surface area contributed by atoms with Crippen molar-refractivity contribution in [1.82, 2.24) is 9.80 Å². The molecule has 12 nitrogen and oxygen atoms in total. The minimum Gasteiger partial charge on any atom is -0.478 e. The van der Waals surface area contributed by atoms with E-state index in [1.807, 2.05) is 0 Å². The van der Waals surface area contributed by atoms with E-state index in [4.69, 9.17) is 9.47 Å². The molecule has 2 rings (SSSR count). The molecule has 2 fully saturated rings. The highest BCUT2D eigenvalue weighted by atomic mass is 16.5. The van der Waals surface area contributed by atoms with Crippen molar-refractivity contribution in [2.75, 3.05) is 52.6 Å². The van der Waals surface area contributed by atoms with Gasteiger partial charge in [0.15, 0.2) is 0 Å². The van der Waals surface area contributed by atoms with Crippen molar-refractivity contribution in [3.8, 4) is 0 Å². The van der Waals surface area contributed by atoms with Crippen LogP contribution in [0.25, 0.3) is 0 Å². The largest absolute Gasteiger partial charge is 0.478 e. The van der Waals surface area contributed by atoms with Gasteiger partial charge in [-0.15, -0.1) is 0 Å². The number of amides is 2. The maximum Gasteiger partial charge on any atom is 0.332 e. The van der Waals surface area contributed by atoms with E-state index >= 15 is 0 Å². The van der Waals surface area contributed by atoms with Crippen molar-refractivity contribution in [1.29, 1.82) is 0 Å². The topological polar surface area (TPSA) is 168 Å². The first kappa shape index (κ1) is 23.2. The number of hydrogen-bond acceptors (Lipinski definition) is 8. The first-order valence-electron chi connectivity index (χ1n) is 9.20. The van der Waals surface area contributed by atoms with Crippen molar-refractivity contribution in [2.24, 2.45) is 0 Å². The highest BCUT2D eigenvalue weighted by Crippen LogP contribution is 2.17. The molecule has 0 aromatic rings. The van der Waals surface area contributed by atoms with Crippen molar-refractivity contribution in [3.63, 3.8) is 0 Å². The van der Waals surface area contributed by atoms with Crippen LogP contribution in [0.5, 0.6) is 0 Å². The van der Waals surface area contributed by atoms with Gasteiger partial charge in [-0.3, -0.25) is 19.2 Å². The Kier molecular flexibility index (Phi) is 8.18. The van der Waals surface area contributed by atoms with Crippen LogP contribution < -0.4 is 0 Å². The van der Waals surface area contributed by atoms with Gasteiger partial charge in [0.25, 0.3) is 11.8 Å². The van der Waals surface area contributed by atoms with Crippen LogP contribution in [0.1, 0.15) is 12.8 Å². The molecule has 2 heterocycles. The molecule has 2 aliphatic heterocycles. The van der Waals surface area contributed by atoms with Crippen LogP contribution in [0.15, 0.2) is 11.1 Å². The average Bonchev–Trinajstić information content (AvgIpc) is 2.75. The molecule has 12 heteroatoms. The summed E-state index contributed by atoms with van der Waals surface area (Å²) in [5, 5.41) is 18.8. The predicted molar refractivity (Wildman–Crippen MR) is 96.3 cm³/mol. The standard InChI is InChI=1S/C18H22N2O10/c21-13(15(23)19-1-5-29-6-2-19)9-11(17(25)26)12(18(27)28)10-14(22)16(24)20-3-7-30-8-4-20/h1-10H2,(H,25,26)(H,27,28). The van der Waals surface area contributed by atoms with Crippen molar-refractivity contribution in [3.05, 3.63) is 11.1 Å². The van der Waals surface area contributed by atoms with E-state index in [9.17, 15) is 39.0 Å². The quantitative estimate of drug-likeness (QED) is 0.330.